The lowest BCUT2D eigenvalue weighted by atomic mass is 10.0. The molecule has 0 bridgehead atoms. The largest absolute Gasteiger partial charge is 0.334 e. The molecule has 1 unspecified atom stereocenters. The molecule has 3 aromatic rings. The first-order valence-corrected chi connectivity index (χ1v) is 8.59. The number of pyridine rings is 1. The average Bonchev–Trinajstić information content (AvgIpc) is 2.66. The summed E-state index contributed by atoms with van der Waals surface area (Å²) in [7, 11) is 1.62. The number of carbonyl (C=O) groups excluding carboxylic acids is 1. The number of carbonyl (C=O) groups is 1. The van der Waals surface area contributed by atoms with Crippen molar-refractivity contribution >= 4 is 28.3 Å². The maximum Gasteiger partial charge on any atom is 0.272 e. The van der Waals surface area contributed by atoms with Gasteiger partial charge in [0.05, 0.1) is 12.0 Å². The van der Waals surface area contributed by atoms with Crippen LogP contribution < -0.4 is 0 Å². The predicted octanol–water partition coefficient (Wildman–Crippen LogP) is 5.50. The normalized spacial score (nSPS) is 12.5. The van der Waals surface area contributed by atoms with Crippen LogP contribution in [-0.4, -0.2) is 28.9 Å². The van der Waals surface area contributed by atoms with Crippen molar-refractivity contribution in [2.24, 2.45) is 0 Å². The van der Waals surface area contributed by atoms with Gasteiger partial charge in [0.2, 0.25) is 0 Å². The smallest absolute Gasteiger partial charge is 0.272 e. The van der Waals surface area contributed by atoms with Gasteiger partial charge >= 0.3 is 0 Å². The Morgan fingerprint density at radius 2 is 1.88 bits per heavy atom. The third-order valence-corrected chi connectivity index (χ3v) is 4.70. The fourth-order valence-electron chi connectivity index (χ4n) is 2.77. The van der Waals surface area contributed by atoms with E-state index in [0.717, 1.165) is 16.3 Å². The predicted molar refractivity (Wildman–Crippen MR) is 104 cm³/mol. The molecular weight excluding hydrogens is 350 g/mol. The fourth-order valence-corrected chi connectivity index (χ4v) is 2.99. The minimum absolute atomic E-state index is 0.283. The highest BCUT2D eigenvalue weighted by Crippen LogP contribution is 2.32. The number of fused-ring (bicyclic) bond motifs is 1. The molecule has 0 fully saturated rings. The molecule has 132 valence electrons. The second-order valence-corrected chi connectivity index (χ2v) is 6.44. The maximum absolute atomic E-state index is 12.8. The van der Waals surface area contributed by atoms with Crippen molar-refractivity contribution in [1.82, 2.24) is 9.88 Å². The Hall–Kier alpha value is -2.72. The number of hydrogen-bond donors (Lipinski definition) is 0. The summed E-state index contributed by atoms with van der Waals surface area (Å²) in [6.07, 6.45) is 1.76. The minimum Gasteiger partial charge on any atom is -0.334 e. The molecule has 0 aliphatic heterocycles. The molecule has 2 aromatic carbocycles. The number of hydrogen-bond acceptors (Lipinski definition) is 2. The van der Waals surface area contributed by atoms with E-state index >= 15 is 0 Å². The standard InChI is InChI=1S/C21H18ClFN2O/c1-14(11-12-23)25(2)21(26)19-13-15-7-3-4-8-16(15)20(24-19)17-9-5-6-10-18(17)22/h3-14H,1-2H3/i23-1. The van der Waals surface area contributed by atoms with Crippen LogP contribution in [0.4, 0.5) is 4.39 Å². The van der Waals surface area contributed by atoms with Crippen molar-refractivity contribution in [3.8, 4) is 11.3 Å². The lowest BCUT2D eigenvalue weighted by molar-refractivity contribution is 0.0764. The lowest BCUT2D eigenvalue weighted by Crippen LogP contribution is -2.34. The second kappa shape index (κ2) is 7.67. The zero-order valence-electron chi connectivity index (χ0n) is 14.5. The number of benzene rings is 2. The van der Waals surface area contributed by atoms with Crippen LogP contribution in [0, 0.1) is 0 Å². The number of halogens is 2. The van der Waals surface area contributed by atoms with E-state index in [-0.39, 0.29) is 11.9 Å². The van der Waals surface area contributed by atoms with Crippen LogP contribution in [0.3, 0.4) is 0 Å². The number of amides is 1. The van der Waals surface area contributed by atoms with Crippen molar-refractivity contribution in [2.75, 3.05) is 7.05 Å². The van der Waals surface area contributed by atoms with Crippen LogP contribution in [0.5, 0.6) is 0 Å². The van der Waals surface area contributed by atoms with Gasteiger partial charge in [-0.25, -0.2) is 9.37 Å². The monoisotopic (exact) mass is 367 g/mol. The van der Waals surface area contributed by atoms with Gasteiger partial charge in [0.1, 0.15) is 5.69 Å². The van der Waals surface area contributed by atoms with Gasteiger partial charge in [0.25, 0.3) is 5.91 Å². The number of nitrogens with zero attached hydrogens (tertiary/aromatic N) is 2. The molecule has 1 aromatic heterocycles. The van der Waals surface area contributed by atoms with E-state index in [1.807, 2.05) is 42.5 Å². The van der Waals surface area contributed by atoms with E-state index in [1.54, 1.807) is 26.1 Å². The van der Waals surface area contributed by atoms with Crippen molar-refractivity contribution in [3.05, 3.63) is 77.7 Å². The molecule has 0 saturated heterocycles. The van der Waals surface area contributed by atoms with E-state index in [1.165, 1.54) is 11.0 Å². The molecule has 1 amide bonds. The zero-order valence-corrected chi connectivity index (χ0v) is 15.2. The molecule has 0 aliphatic carbocycles. The SMILES string of the molecule is CC(C=C[18F])N(C)C(=O)c1cc2ccccc2c(-c2ccccc2Cl)n1. The van der Waals surface area contributed by atoms with E-state index in [9.17, 15) is 9.18 Å². The first-order chi connectivity index (χ1) is 12.5. The molecule has 26 heavy (non-hydrogen) atoms. The van der Waals surface area contributed by atoms with Gasteiger partial charge in [-0.3, -0.25) is 4.79 Å². The first-order valence-electron chi connectivity index (χ1n) is 8.21. The molecular formula is C21H18ClFN2O. The van der Waals surface area contributed by atoms with Crippen LogP contribution in [0.25, 0.3) is 22.0 Å². The summed E-state index contributed by atoms with van der Waals surface area (Å²) in [6, 6.07) is 16.5. The quantitative estimate of drug-likeness (QED) is 0.610. The highest BCUT2D eigenvalue weighted by atomic mass is 35.5. The minimum atomic E-state index is -0.385. The van der Waals surface area contributed by atoms with Gasteiger partial charge < -0.3 is 4.90 Å². The second-order valence-electron chi connectivity index (χ2n) is 6.03. The molecule has 1 heterocycles. The third kappa shape index (κ3) is 3.46. The van der Waals surface area contributed by atoms with Gasteiger partial charge in [-0.1, -0.05) is 54.1 Å². The Kier molecular flexibility index (Phi) is 5.33. The summed E-state index contributed by atoms with van der Waals surface area (Å²) in [5.74, 6) is -0.283. The number of rotatable bonds is 4. The van der Waals surface area contributed by atoms with Crippen molar-refractivity contribution in [3.63, 3.8) is 0 Å². The highest BCUT2D eigenvalue weighted by Gasteiger charge is 2.20. The van der Waals surface area contributed by atoms with Gasteiger partial charge in [0.15, 0.2) is 0 Å². The summed E-state index contributed by atoms with van der Waals surface area (Å²) in [5, 5.41) is 2.37. The van der Waals surface area contributed by atoms with Gasteiger partial charge in [-0.2, -0.15) is 0 Å². The summed E-state index contributed by atoms with van der Waals surface area (Å²) >= 11 is 6.36. The van der Waals surface area contributed by atoms with Gasteiger partial charge in [-0.05, 0) is 30.5 Å². The molecule has 0 N–H and O–H groups in total. The summed E-state index contributed by atoms with van der Waals surface area (Å²) in [6.45, 7) is 1.74. The average molecular weight is 368 g/mol. The summed E-state index contributed by atoms with van der Waals surface area (Å²) in [4.78, 5) is 18.9. The van der Waals surface area contributed by atoms with E-state index in [2.05, 4.69) is 4.98 Å². The van der Waals surface area contributed by atoms with E-state index < -0.39 is 0 Å². The summed E-state index contributed by atoms with van der Waals surface area (Å²) in [5.41, 5.74) is 1.71. The number of aromatic nitrogens is 1. The Labute approximate surface area is 156 Å². The Bertz CT molecular complexity index is 987. The van der Waals surface area contributed by atoms with E-state index in [4.69, 9.17) is 11.6 Å². The molecule has 0 radical (unpaired) electrons. The van der Waals surface area contributed by atoms with E-state index in [0.29, 0.717) is 22.7 Å². The fraction of sp³-hybridized carbons (Fsp3) is 0.143. The Morgan fingerprint density at radius 1 is 1.19 bits per heavy atom. The van der Waals surface area contributed by atoms with Crippen LogP contribution in [0.15, 0.2) is 67.0 Å². The van der Waals surface area contributed by atoms with Crippen molar-refractivity contribution in [1.29, 1.82) is 0 Å². The van der Waals surface area contributed by atoms with Crippen LogP contribution in [0.2, 0.25) is 5.02 Å². The van der Waals surface area contributed by atoms with Gasteiger partial charge in [0, 0.05) is 29.1 Å². The molecule has 3 rings (SSSR count). The topological polar surface area (TPSA) is 33.2 Å². The van der Waals surface area contributed by atoms with Crippen molar-refractivity contribution in [2.45, 2.75) is 13.0 Å². The number of likely N-dealkylation sites (N-methyl/N-ethyl adjacent to an activating group) is 1. The molecule has 0 aliphatic rings. The lowest BCUT2D eigenvalue weighted by Gasteiger charge is -2.22. The molecule has 1 atom stereocenters. The van der Waals surface area contributed by atoms with Crippen LogP contribution in [0.1, 0.15) is 17.4 Å². The highest BCUT2D eigenvalue weighted by molar-refractivity contribution is 6.33. The van der Waals surface area contributed by atoms with Crippen LogP contribution in [-0.2, 0) is 0 Å². The first kappa shape index (κ1) is 18.1. The Morgan fingerprint density at radius 3 is 2.62 bits per heavy atom. The van der Waals surface area contributed by atoms with Crippen molar-refractivity contribution < 1.29 is 9.18 Å². The molecule has 3 nitrogen and oxygen atoms in total. The Balaban J connectivity index is 2.17. The van der Waals surface area contributed by atoms with Gasteiger partial charge in [-0.15, -0.1) is 0 Å². The third-order valence-electron chi connectivity index (χ3n) is 4.37. The zero-order chi connectivity index (χ0) is 18.7. The molecule has 0 saturated carbocycles. The molecule has 0 spiro atoms. The maximum atomic E-state index is 12.8. The van der Waals surface area contributed by atoms with Crippen LogP contribution >= 0.6 is 11.6 Å². The summed E-state index contributed by atoms with van der Waals surface area (Å²) < 4.78 is 12.5. The molecule has 5 heteroatoms.